The number of aliphatic hydroxyl groups excluding tert-OH is 5. The summed E-state index contributed by atoms with van der Waals surface area (Å²) < 4.78 is 33.5. The first-order chi connectivity index (χ1) is 28.4. The lowest BCUT2D eigenvalue weighted by Gasteiger charge is -2.41. The van der Waals surface area contributed by atoms with Crippen LogP contribution in [-0.4, -0.2) is 98.3 Å². The summed E-state index contributed by atoms with van der Waals surface area (Å²) in [5.41, 5.74) is 0. The quantitative estimate of drug-likeness (QED) is 0.0149. The van der Waals surface area contributed by atoms with E-state index in [4.69, 9.17) is 18.5 Å². The fourth-order valence-corrected chi connectivity index (χ4v) is 7.95. The van der Waals surface area contributed by atoms with Gasteiger partial charge in [0, 0.05) is 12.8 Å². The molecule has 8 atom stereocenters. The molecule has 0 aromatic rings. The van der Waals surface area contributed by atoms with Crippen LogP contribution in [0.15, 0.2) is 24.3 Å². The Labute approximate surface area is 356 Å². The molecule has 0 aromatic heterocycles. The third-order valence-electron chi connectivity index (χ3n) is 10.8. The van der Waals surface area contributed by atoms with E-state index >= 15 is 0 Å². The van der Waals surface area contributed by atoms with Crippen LogP contribution in [0.1, 0.15) is 194 Å². The second kappa shape index (κ2) is 35.9. The van der Waals surface area contributed by atoms with Gasteiger partial charge in [0.1, 0.15) is 43.2 Å². The molecule has 0 aliphatic heterocycles. The van der Waals surface area contributed by atoms with Gasteiger partial charge in [0.05, 0.1) is 6.61 Å². The highest BCUT2D eigenvalue weighted by atomic mass is 31.2. The molecule has 1 aliphatic rings. The molecule has 0 bridgehead atoms. The number of esters is 2. The van der Waals surface area contributed by atoms with Gasteiger partial charge in [-0.15, -0.1) is 0 Å². The number of carbonyl (C=O) groups excluding carboxylic acids is 2. The second-order valence-corrected chi connectivity index (χ2v) is 17.7. The summed E-state index contributed by atoms with van der Waals surface area (Å²) >= 11 is 0. The predicted molar refractivity (Wildman–Crippen MR) is 230 cm³/mol. The highest BCUT2D eigenvalue weighted by Gasteiger charge is 2.51. The molecule has 13 nitrogen and oxygen atoms in total. The number of hydrogen-bond donors (Lipinski definition) is 6. The Morgan fingerprint density at radius 1 is 0.508 bits per heavy atom. The largest absolute Gasteiger partial charge is 0.472 e. The van der Waals surface area contributed by atoms with Gasteiger partial charge in [-0.1, -0.05) is 141 Å². The van der Waals surface area contributed by atoms with E-state index in [-0.39, 0.29) is 12.8 Å². The van der Waals surface area contributed by atoms with Gasteiger partial charge in [-0.25, -0.2) is 4.57 Å². The number of hydrogen-bond acceptors (Lipinski definition) is 12. The fraction of sp³-hybridized carbons (Fsp3) is 0.867. The number of aliphatic hydroxyl groups is 5. The highest BCUT2D eigenvalue weighted by Crippen LogP contribution is 2.47. The van der Waals surface area contributed by atoms with E-state index in [1.807, 2.05) is 0 Å². The number of phosphoric acid groups is 1. The van der Waals surface area contributed by atoms with Crippen molar-refractivity contribution in [3.63, 3.8) is 0 Å². The maximum absolute atomic E-state index is 12.8. The lowest BCUT2D eigenvalue weighted by Crippen LogP contribution is -2.64. The van der Waals surface area contributed by atoms with Crippen LogP contribution in [0.25, 0.3) is 0 Å². The Balaban J connectivity index is 2.47. The maximum atomic E-state index is 12.8. The molecule has 0 spiro atoms. The SMILES string of the molecule is CCCCCCC/C=C\CCCCCCCC(=O)O[C@H](COC(=O)CCCCCCC/C=C\CCCCCCCCC)COP(=O)(O)OC1C(O)C(O)C(O)[C@@H](O)C1O. The van der Waals surface area contributed by atoms with Crippen molar-refractivity contribution < 1.29 is 63.1 Å². The van der Waals surface area contributed by atoms with E-state index in [1.54, 1.807) is 0 Å². The number of allylic oxidation sites excluding steroid dienone is 4. The van der Waals surface area contributed by atoms with E-state index < -0.39 is 75.7 Å². The molecule has 0 amide bonds. The Morgan fingerprint density at radius 3 is 1.29 bits per heavy atom. The van der Waals surface area contributed by atoms with Crippen molar-refractivity contribution in [1.29, 1.82) is 0 Å². The third-order valence-corrected chi connectivity index (χ3v) is 11.8. The number of carbonyl (C=O) groups is 2. The van der Waals surface area contributed by atoms with Crippen molar-refractivity contribution >= 4 is 19.8 Å². The second-order valence-electron chi connectivity index (χ2n) is 16.3. The molecule has 0 saturated heterocycles. The van der Waals surface area contributed by atoms with Gasteiger partial charge >= 0.3 is 19.8 Å². The Kier molecular flexibility index (Phi) is 33.7. The molecule has 6 N–H and O–H groups in total. The minimum atomic E-state index is -5.12. The minimum absolute atomic E-state index is 0.0865. The molecule has 0 radical (unpaired) electrons. The van der Waals surface area contributed by atoms with Gasteiger partial charge in [0.15, 0.2) is 6.10 Å². The van der Waals surface area contributed by atoms with E-state index in [0.717, 1.165) is 77.0 Å². The molecule has 0 aromatic carbocycles. The topological polar surface area (TPSA) is 210 Å². The van der Waals surface area contributed by atoms with E-state index in [1.165, 1.54) is 77.0 Å². The summed E-state index contributed by atoms with van der Waals surface area (Å²) in [4.78, 5) is 35.7. The van der Waals surface area contributed by atoms with Crippen LogP contribution in [0.2, 0.25) is 0 Å². The Hall–Kier alpha value is -1.67. The first kappa shape index (κ1) is 55.3. The van der Waals surface area contributed by atoms with Crippen LogP contribution in [0, 0.1) is 0 Å². The van der Waals surface area contributed by atoms with Crippen LogP contribution in [0.5, 0.6) is 0 Å². The standard InChI is InChI=1S/C45H83O13P/c1-3-5-7-9-11-13-15-17-19-20-22-23-25-27-29-31-33-38(46)55-35-37(36-56-59(53,54)58-45-43(51)41(49)40(48)42(50)44(45)52)57-39(47)34-32-30-28-26-24-21-18-16-14-12-10-8-6-4-2/h16,18-20,37,40-45,48-52H,3-15,17,21-36H2,1-2H3,(H,53,54)/b18-16-,20-19-/t37-,40?,41-,42?,43?,44?,45?/m1/s1. The third kappa shape index (κ3) is 28.5. The van der Waals surface area contributed by atoms with Gasteiger partial charge in [-0.2, -0.15) is 0 Å². The van der Waals surface area contributed by atoms with Gasteiger partial charge in [-0.05, 0) is 64.2 Å². The molecular formula is C45H83O13P. The Morgan fingerprint density at radius 2 is 0.864 bits per heavy atom. The predicted octanol–water partition coefficient (Wildman–Crippen LogP) is 8.84. The lowest BCUT2D eigenvalue weighted by atomic mass is 9.85. The molecule has 1 saturated carbocycles. The summed E-state index contributed by atoms with van der Waals surface area (Å²) in [6.07, 6.45) is 25.2. The van der Waals surface area contributed by atoms with E-state index in [0.29, 0.717) is 12.8 Å². The normalized spacial score (nSPS) is 22.5. The zero-order chi connectivity index (χ0) is 43.6. The molecule has 1 rings (SSSR count). The van der Waals surface area contributed by atoms with Gasteiger partial charge in [0.25, 0.3) is 0 Å². The first-order valence-electron chi connectivity index (χ1n) is 23.1. The number of ether oxygens (including phenoxy) is 2. The van der Waals surface area contributed by atoms with Gasteiger partial charge < -0.3 is 39.9 Å². The summed E-state index contributed by atoms with van der Waals surface area (Å²) in [5, 5.41) is 50.1. The Bertz CT molecular complexity index is 1130. The average Bonchev–Trinajstić information content (AvgIpc) is 3.21. The number of phosphoric ester groups is 1. The summed E-state index contributed by atoms with van der Waals surface area (Å²) in [7, 11) is -5.12. The molecule has 1 aliphatic carbocycles. The fourth-order valence-electron chi connectivity index (χ4n) is 6.98. The van der Waals surface area contributed by atoms with E-state index in [2.05, 4.69) is 38.2 Å². The van der Waals surface area contributed by atoms with Gasteiger partial charge in [0.2, 0.25) is 0 Å². The van der Waals surface area contributed by atoms with Crippen LogP contribution < -0.4 is 0 Å². The molecular weight excluding hydrogens is 779 g/mol. The summed E-state index contributed by atoms with van der Waals surface area (Å²) in [6.45, 7) is 3.27. The first-order valence-corrected chi connectivity index (χ1v) is 24.6. The van der Waals surface area contributed by atoms with Crippen molar-refractivity contribution in [3.05, 3.63) is 24.3 Å². The van der Waals surface area contributed by atoms with Crippen molar-refractivity contribution in [2.45, 2.75) is 236 Å². The maximum Gasteiger partial charge on any atom is 0.472 e. The molecule has 1 fully saturated rings. The van der Waals surface area contributed by atoms with Crippen LogP contribution in [0.3, 0.4) is 0 Å². The lowest BCUT2D eigenvalue weighted by molar-refractivity contribution is -0.220. The van der Waals surface area contributed by atoms with Crippen molar-refractivity contribution in [2.24, 2.45) is 0 Å². The van der Waals surface area contributed by atoms with Crippen molar-refractivity contribution in [2.75, 3.05) is 13.2 Å². The minimum Gasteiger partial charge on any atom is -0.462 e. The summed E-state index contributed by atoms with van der Waals surface area (Å²) in [6, 6.07) is 0. The van der Waals surface area contributed by atoms with Crippen molar-refractivity contribution in [1.82, 2.24) is 0 Å². The van der Waals surface area contributed by atoms with Gasteiger partial charge in [-0.3, -0.25) is 18.6 Å². The van der Waals surface area contributed by atoms with Crippen LogP contribution in [-0.2, 0) is 32.7 Å². The summed E-state index contributed by atoms with van der Waals surface area (Å²) in [5.74, 6) is -1.12. The molecule has 0 heterocycles. The number of rotatable bonds is 38. The van der Waals surface area contributed by atoms with E-state index in [9.17, 15) is 44.6 Å². The van der Waals surface area contributed by atoms with Crippen LogP contribution >= 0.6 is 7.82 Å². The van der Waals surface area contributed by atoms with Crippen LogP contribution in [0.4, 0.5) is 0 Å². The zero-order valence-electron chi connectivity index (χ0n) is 36.6. The molecule has 346 valence electrons. The van der Waals surface area contributed by atoms with Crippen molar-refractivity contribution in [3.8, 4) is 0 Å². The molecule has 6 unspecified atom stereocenters. The molecule has 59 heavy (non-hydrogen) atoms. The average molecular weight is 863 g/mol. The monoisotopic (exact) mass is 863 g/mol. The number of unbranched alkanes of at least 4 members (excludes halogenated alkanes) is 22. The highest BCUT2D eigenvalue weighted by molar-refractivity contribution is 7.47. The zero-order valence-corrected chi connectivity index (χ0v) is 37.4. The smallest absolute Gasteiger partial charge is 0.462 e. The molecule has 14 heteroatoms.